The summed E-state index contributed by atoms with van der Waals surface area (Å²) in [5.41, 5.74) is 8.90. The van der Waals surface area contributed by atoms with E-state index in [2.05, 4.69) is 64.5 Å². The summed E-state index contributed by atoms with van der Waals surface area (Å²) in [6.07, 6.45) is 5.44. The number of halogens is 1. The summed E-state index contributed by atoms with van der Waals surface area (Å²) >= 11 is 6.78. The largest absolute Gasteiger partial charge is 0.488 e. The average Bonchev–Trinajstić information content (AvgIpc) is 3.86. The fourth-order valence-corrected chi connectivity index (χ4v) is 7.52. The van der Waals surface area contributed by atoms with E-state index in [0.29, 0.717) is 39.8 Å². The maximum absolute atomic E-state index is 11.9. The summed E-state index contributed by atoms with van der Waals surface area (Å²) < 4.78 is 14.5. The molecule has 0 saturated carbocycles. The molecule has 0 bridgehead atoms. The van der Waals surface area contributed by atoms with Gasteiger partial charge in [-0.15, -0.1) is 0 Å². The van der Waals surface area contributed by atoms with Crippen molar-refractivity contribution in [3.63, 3.8) is 0 Å². The number of aliphatic hydroxyl groups is 2. The van der Waals surface area contributed by atoms with Crippen LogP contribution in [0.25, 0.3) is 33.4 Å². The highest BCUT2D eigenvalue weighted by Gasteiger charge is 2.32. The topological polar surface area (TPSA) is 179 Å². The van der Waals surface area contributed by atoms with E-state index >= 15 is 0 Å². The first-order chi connectivity index (χ1) is 28.5. The molecule has 3 aromatic heterocycles. The second-order valence-corrected chi connectivity index (χ2v) is 15.5. The predicted octanol–water partition coefficient (Wildman–Crippen LogP) is 6.45. The normalized spacial score (nSPS) is 15.2. The van der Waals surface area contributed by atoms with E-state index in [1.54, 1.807) is 24.4 Å². The van der Waals surface area contributed by atoms with Crippen molar-refractivity contribution in [3.8, 4) is 40.0 Å². The Morgan fingerprint density at radius 2 is 1.73 bits per heavy atom. The number of rotatable bonds is 16. The summed E-state index contributed by atoms with van der Waals surface area (Å²) in [7, 11) is 0. The molecule has 304 valence electrons. The third kappa shape index (κ3) is 9.23. The van der Waals surface area contributed by atoms with Crippen LogP contribution in [0.1, 0.15) is 46.7 Å². The highest BCUT2D eigenvalue weighted by atomic mass is 35.5. The number of β-amino-alcohol motifs (C(OH)–C–C–N with tert-alkyl or cyclic N) is 1. The zero-order valence-corrected chi connectivity index (χ0v) is 33.9. The minimum Gasteiger partial charge on any atom is -0.488 e. The van der Waals surface area contributed by atoms with Gasteiger partial charge in [-0.1, -0.05) is 48.0 Å². The fourth-order valence-electron chi connectivity index (χ4n) is 7.28. The van der Waals surface area contributed by atoms with Gasteiger partial charge in [0.2, 0.25) is 0 Å². The van der Waals surface area contributed by atoms with Gasteiger partial charge in [-0.05, 0) is 79.3 Å². The first-order valence-corrected chi connectivity index (χ1v) is 19.8. The van der Waals surface area contributed by atoms with E-state index in [1.807, 2.05) is 35.1 Å². The minimum absolute atomic E-state index is 0.0209. The summed E-state index contributed by atoms with van der Waals surface area (Å²) in [4.78, 5) is 23.3. The van der Waals surface area contributed by atoms with Crippen LogP contribution < -0.4 is 14.8 Å². The van der Waals surface area contributed by atoms with Gasteiger partial charge in [-0.25, -0.2) is 4.98 Å². The summed E-state index contributed by atoms with van der Waals surface area (Å²) in [5.74, 6) is -0.467. The van der Waals surface area contributed by atoms with Crippen LogP contribution in [0.3, 0.4) is 0 Å². The zero-order valence-electron chi connectivity index (χ0n) is 33.2. The van der Waals surface area contributed by atoms with Gasteiger partial charge in [0.05, 0.1) is 47.2 Å². The molecule has 3 aromatic carbocycles. The number of fused-ring (bicyclic) bond motifs is 1. The molecule has 1 saturated heterocycles. The molecule has 1 aliphatic rings. The van der Waals surface area contributed by atoms with Crippen molar-refractivity contribution in [3.05, 3.63) is 124 Å². The van der Waals surface area contributed by atoms with Crippen molar-refractivity contribution < 1.29 is 29.6 Å². The number of nitrogens with zero attached hydrogens (tertiary/aromatic N) is 6. The zero-order chi connectivity index (χ0) is 41.7. The van der Waals surface area contributed by atoms with Crippen LogP contribution in [0, 0.1) is 25.2 Å². The van der Waals surface area contributed by atoms with Crippen LogP contribution in [0.5, 0.6) is 11.5 Å². The van der Waals surface area contributed by atoms with Crippen molar-refractivity contribution in [2.45, 2.75) is 65.1 Å². The molecule has 1 aliphatic heterocycles. The number of carboxylic acid groups (broad SMARTS) is 1. The van der Waals surface area contributed by atoms with Gasteiger partial charge in [0.25, 0.3) is 0 Å². The SMILES string of the molecule is Cc1c(COc2cc(OCc3cncc(C#N)c3)c(CN[C@@](C)(CO)C(=O)O)cc2Cl)cccc1-c1cccc(-c2ccc3c(cnn3CCN3CC[C@@H](O)C3)n2)c1C. The Morgan fingerprint density at radius 1 is 0.966 bits per heavy atom. The van der Waals surface area contributed by atoms with Gasteiger partial charge < -0.3 is 24.8 Å². The molecule has 2 atom stereocenters. The fraction of sp³-hybridized carbons (Fsp3) is 0.311. The maximum atomic E-state index is 11.9. The number of carbonyl (C=O) groups is 1. The smallest absolute Gasteiger partial charge is 0.326 e. The Balaban J connectivity index is 1.10. The molecule has 0 aliphatic carbocycles. The highest BCUT2D eigenvalue weighted by molar-refractivity contribution is 6.32. The van der Waals surface area contributed by atoms with Crippen molar-refractivity contribution >= 4 is 28.6 Å². The number of nitrogens with one attached hydrogen (secondary N) is 1. The number of ether oxygens (including phenoxy) is 2. The number of hydrogen-bond acceptors (Lipinski definition) is 11. The number of nitriles is 1. The number of aliphatic carboxylic acids is 1. The van der Waals surface area contributed by atoms with Crippen LogP contribution in [-0.4, -0.2) is 83.8 Å². The van der Waals surface area contributed by atoms with Crippen LogP contribution in [0.2, 0.25) is 5.02 Å². The third-order valence-corrected chi connectivity index (χ3v) is 11.3. The summed E-state index contributed by atoms with van der Waals surface area (Å²) in [6.45, 7) is 8.39. The monoisotopic (exact) mass is 815 g/mol. The molecule has 4 N–H and O–H groups in total. The number of carboxylic acids is 1. The second-order valence-electron chi connectivity index (χ2n) is 15.1. The lowest BCUT2D eigenvalue weighted by atomic mass is 9.90. The van der Waals surface area contributed by atoms with E-state index in [0.717, 1.165) is 76.2 Å². The molecule has 0 spiro atoms. The molecule has 0 radical (unpaired) electrons. The Morgan fingerprint density at radius 3 is 2.47 bits per heavy atom. The number of aliphatic hydroxyl groups excluding tert-OH is 2. The van der Waals surface area contributed by atoms with Crippen LogP contribution in [0.15, 0.2) is 85.3 Å². The van der Waals surface area contributed by atoms with Crippen molar-refractivity contribution in [1.29, 1.82) is 5.26 Å². The average molecular weight is 816 g/mol. The third-order valence-electron chi connectivity index (χ3n) is 11.0. The van der Waals surface area contributed by atoms with E-state index < -0.39 is 18.1 Å². The first kappa shape index (κ1) is 41.3. The van der Waals surface area contributed by atoms with E-state index in [1.165, 1.54) is 13.1 Å². The Hall–Kier alpha value is -5.88. The van der Waals surface area contributed by atoms with Crippen LogP contribution >= 0.6 is 11.6 Å². The lowest BCUT2D eigenvalue weighted by molar-refractivity contribution is -0.145. The second kappa shape index (κ2) is 17.9. The number of pyridine rings is 2. The van der Waals surface area contributed by atoms with E-state index in [-0.39, 0.29) is 25.9 Å². The molecule has 1 fully saturated rings. The molecular formula is C45H46ClN7O6. The molecule has 6 aromatic rings. The lowest BCUT2D eigenvalue weighted by Gasteiger charge is -2.25. The molecule has 4 heterocycles. The number of hydrogen-bond donors (Lipinski definition) is 4. The van der Waals surface area contributed by atoms with Gasteiger partial charge in [0, 0.05) is 61.3 Å². The highest BCUT2D eigenvalue weighted by Crippen LogP contribution is 2.37. The minimum atomic E-state index is -1.60. The van der Waals surface area contributed by atoms with Gasteiger partial charge in [-0.2, -0.15) is 10.4 Å². The molecule has 14 heteroatoms. The molecule has 13 nitrogen and oxygen atoms in total. The van der Waals surface area contributed by atoms with Crippen molar-refractivity contribution in [2.24, 2.45) is 0 Å². The quantitative estimate of drug-likeness (QED) is 0.0841. The summed E-state index contributed by atoms with van der Waals surface area (Å²) in [6, 6.07) is 23.5. The van der Waals surface area contributed by atoms with Crippen LogP contribution in [0.4, 0.5) is 0 Å². The van der Waals surface area contributed by atoms with Crippen molar-refractivity contribution in [1.82, 2.24) is 30.0 Å². The molecule has 59 heavy (non-hydrogen) atoms. The first-order valence-electron chi connectivity index (χ1n) is 19.4. The standard InChI is InChI=1S/C45H46ClN7O6/c1-28-32(26-59-43-18-42(58-25-31-16-30(19-47)20-48-21-31)33(17-38(43)46)22-49-45(3,27-54)44(56)57)6-4-7-35(28)36-8-5-9-37(29(36)2)39-10-11-41-40(51-39)23-50-53(41)15-14-52-13-12-34(55)24-52/h4-11,16-18,20-21,23,34,49,54-55H,12-15,22,24-27H2,1-3H3,(H,56,57)/t34-,45+/m1/s1. The number of benzene rings is 3. The Bertz CT molecular complexity index is 2540. The van der Waals surface area contributed by atoms with Gasteiger partial charge >= 0.3 is 5.97 Å². The Labute approximate surface area is 347 Å². The molecule has 0 unspecified atom stereocenters. The maximum Gasteiger partial charge on any atom is 0.326 e. The van der Waals surface area contributed by atoms with Gasteiger partial charge in [0.1, 0.15) is 41.8 Å². The van der Waals surface area contributed by atoms with Gasteiger partial charge in [0.15, 0.2) is 0 Å². The lowest BCUT2D eigenvalue weighted by Crippen LogP contribution is -2.52. The number of aromatic nitrogens is 4. The van der Waals surface area contributed by atoms with Crippen molar-refractivity contribution in [2.75, 3.05) is 26.2 Å². The van der Waals surface area contributed by atoms with E-state index in [9.17, 15) is 25.4 Å². The predicted molar refractivity (Wildman–Crippen MR) is 224 cm³/mol. The Kier molecular flexibility index (Phi) is 12.6. The van der Waals surface area contributed by atoms with Crippen LogP contribution in [-0.2, 0) is 31.1 Å². The molecule has 7 rings (SSSR count). The van der Waals surface area contributed by atoms with E-state index in [4.69, 9.17) is 26.1 Å². The molecule has 0 amide bonds. The summed E-state index contributed by atoms with van der Waals surface area (Å²) in [5, 5.41) is 46.5. The number of likely N-dealkylation sites (tertiary alicyclic amines) is 1. The van der Waals surface area contributed by atoms with Gasteiger partial charge in [-0.3, -0.25) is 24.7 Å². The molecular weight excluding hydrogens is 770 g/mol.